The molecule has 5 nitrogen and oxygen atoms in total. The maximum absolute atomic E-state index is 13.2. The van der Waals surface area contributed by atoms with E-state index in [9.17, 15) is 13.2 Å². The third-order valence-corrected chi connectivity index (χ3v) is 6.41. The molecule has 0 aliphatic carbocycles. The van der Waals surface area contributed by atoms with E-state index >= 15 is 0 Å². The van der Waals surface area contributed by atoms with Crippen LogP contribution in [0.15, 0.2) is 65.6 Å². The summed E-state index contributed by atoms with van der Waals surface area (Å²) in [5.41, 5.74) is 2.08. The minimum absolute atomic E-state index is 0.119. The Kier molecular flexibility index (Phi) is 5.25. The number of esters is 1. The number of nitrogens with zero attached hydrogens (tertiary/aromatic N) is 1. The van der Waals surface area contributed by atoms with Crippen LogP contribution in [0.3, 0.4) is 0 Å². The van der Waals surface area contributed by atoms with Crippen molar-refractivity contribution in [1.29, 1.82) is 0 Å². The predicted molar refractivity (Wildman–Crippen MR) is 99.8 cm³/mol. The second-order valence-electron chi connectivity index (χ2n) is 6.05. The van der Waals surface area contributed by atoms with E-state index in [1.807, 2.05) is 37.3 Å². The molecule has 0 radical (unpaired) electrons. The highest BCUT2D eigenvalue weighted by molar-refractivity contribution is 7.89. The Bertz CT molecular complexity index is 935. The van der Waals surface area contributed by atoms with Gasteiger partial charge in [0, 0.05) is 18.7 Å². The normalized spacial score (nSPS) is 18.9. The van der Waals surface area contributed by atoms with Crippen molar-refractivity contribution in [2.75, 3.05) is 13.2 Å². The molecule has 0 N–H and O–H groups in total. The predicted octanol–water partition coefficient (Wildman–Crippen LogP) is 3.40. The van der Waals surface area contributed by atoms with E-state index in [4.69, 9.17) is 4.74 Å². The van der Waals surface area contributed by atoms with E-state index in [2.05, 4.69) is 0 Å². The summed E-state index contributed by atoms with van der Waals surface area (Å²) in [7, 11) is -3.67. The molecule has 0 saturated carbocycles. The van der Waals surface area contributed by atoms with Crippen LogP contribution >= 0.6 is 0 Å². The number of rotatable bonds is 4. The minimum atomic E-state index is -3.67. The van der Waals surface area contributed by atoms with Gasteiger partial charge in [-0.15, -0.1) is 0 Å². The second kappa shape index (κ2) is 7.43. The molecule has 1 heterocycles. The van der Waals surface area contributed by atoms with E-state index in [0.717, 1.165) is 5.56 Å². The van der Waals surface area contributed by atoms with Gasteiger partial charge in [-0.3, -0.25) is 0 Å². The van der Waals surface area contributed by atoms with Crippen LogP contribution in [0.25, 0.3) is 5.57 Å². The topological polar surface area (TPSA) is 63.7 Å². The fourth-order valence-electron chi connectivity index (χ4n) is 3.11. The summed E-state index contributed by atoms with van der Waals surface area (Å²) in [6.45, 7) is 3.98. The molecule has 0 spiro atoms. The average molecular weight is 371 g/mol. The van der Waals surface area contributed by atoms with Gasteiger partial charge in [0.05, 0.1) is 11.5 Å². The summed E-state index contributed by atoms with van der Waals surface area (Å²) in [6, 6.07) is 15.8. The van der Waals surface area contributed by atoms with Gasteiger partial charge in [0.1, 0.15) is 0 Å². The standard InChI is InChI=1S/C20H21NO4S/c1-3-25-20(22)13-17-14-21(15(2)16-9-5-4-6-10-16)26(23,24)19-12-8-7-11-18(17)19/h4-13,15H,3,14H2,1-2H3. The number of benzene rings is 2. The number of carbonyl (C=O) groups excluding carboxylic acids is 1. The lowest BCUT2D eigenvalue weighted by Crippen LogP contribution is -2.38. The summed E-state index contributed by atoms with van der Waals surface area (Å²) < 4.78 is 32.8. The van der Waals surface area contributed by atoms with E-state index in [1.165, 1.54) is 10.4 Å². The van der Waals surface area contributed by atoms with Gasteiger partial charge >= 0.3 is 5.97 Å². The highest BCUT2D eigenvalue weighted by atomic mass is 32.2. The number of sulfonamides is 1. The summed E-state index contributed by atoms with van der Waals surface area (Å²) in [5, 5.41) is 0. The van der Waals surface area contributed by atoms with E-state index < -0.39 is 16.0 Å². The first-order chi connectivity index (χ1) is 12.4. The summed E-state index contributed by atoms with van der Waals surface area (Å²) in [5.74, 6) is -0.469. The fourth-order valence-corrected chi connectivity index (χ4v) is 4.94. The molecule has 0 amide bonds. The first-order valence-corrected chi connectivity index (χ1v) is 9.92. The molecule has 0 saturated heterocycles. The molecule has 2 aromatic carbocycles. The van der Waals surface area contributed by atoms with Gasteiger partial charge in [-0.2, -0.15) is 4.31 Å². The van der Waals surface area contributed by atoms with Crippen molar-refractivity contribution in [1.82, 2.24) is 4.31 Å². The Balaban J connectivity index is 2.09. The van der Waals surface area contributed by atoms with Gasteiger partial charge < -0.3 is 4.74 Å². The molecule has 6 heteroatoms. The zero-order chi connectivity index (χ0) is 18.7. The van der Waals surface area contributed by atoms with Crippen LogP contribution in [-0.2, 0) is 19.6 Å². The number of hydrogen-bond donors (Lipinski definition) is 0. The van der Waals surface area contributed by atoms with E-state index in [-0.39, 0.29) is 24.1 Å². The lowest BCUT2D eigenvalue weighted by atomic mass is 10.0. The van der Waals surface area contributed by atoms with E-state index in [1.54, 1.807) is 31.2 Å². The van der Waals surface area contributed by atoms with Crippen LogP contribution in [0.1, 0.15) is 31.0 Å². The van der Waals surface area contributed by atoms with Gasteiger partial charge in [-0.05, 0) is 36.6 Å². The van der Waals surface area contributed by atoms with Crippen molar-refractivity contribution in [3.05, 3.63) is 71.8 Å². The quantitative estimate of drug-likeness (QED) is 0.610. The molecular weight excluding hydrogens is 350 g/mol. The fraction of sp³-hybridized carbons (Fsp3) is 0.250. The molecule has 1 aliphatic rings. The van der Waals surface area contributed by atoms with E-state index in [0.29, 0.717) is 11.1 Å². The molecule has 136 valence electrons. The van der Waals surface area contributed by atoms with Crippen molar-refractivity contribution < 1.29 is 17.9 Å². The molecular formula is C20H21NO4S. The summed E-state index contributed by atoms with van der Waals surface area (Å²) in [4.78, 5) is 12.2. The molecule has 0 aromatic heterocycles. The molecule has 3 rings (SSSR count). The zero-order valence-electron chi connectivity index (χ0n) is 14.8. The van der Waals surface area contributed by atoms with Crippen molar-refractivity contribution in [3.63, 3.8) is 0 Å². The largest absolute Gasteiger partial charge is 0.463 e. The highest BCUT2D eigenvalue weighted by Crippen LogP contribution is 2.37. The third-order valence-electron chi connectivity index (χ3n) is 4.44. The van der Waals surface area contributed by atoms with Gasteiger partial charge in [-0.25, -0.2) is 13.2 Å². The Morgan fingerprint density at radius 1 is 1.15 bits per heavy atom. The molecule has 1 unspecified atom stereocenters. The molecule has 0 bridgehead atoms. The molecule has 26 heavy (non-hydrogen) atoms. The molecule has 1 atom stereocenters. The molecule has 1 aliphatic heterocycles. The van der Waals surface area contributed by atoms with Gasteiger partial charge in [0.25, 0.3) is 0 Å². The van der Waals surface area contributed by atoms with Crippen molar-refractivity contribution in [2.45, 2.75) is 24.8 Å². The van der Waals surface area contributed by atoms with Gasteiger partial charge in [-0.1, -0.05) is 48.5 Å². The minimum Gasteiger partial charge on any atom is -0.463 e. The highest BCUT2D eigenvalue weighted by Gasteiger charge is 2.37. The van der Waals surface area contributed by atoms with Crippen LogP contribution in [0.5, 0.6) is 0 Å². The molecule has 2 aromatic rings. The van der Waals surface area contributed by atoms with Crippen LogP contribution in [-0.4, -0.2) is 31.8 Å². The van der Waals surface area contributed by atoms with Crippen LogP contribution < -0.4 is 0 Å². The first-order valence-electron chi connectivity index (χ1n) is 8.48. The smallest absolute Gasteiger partial charge is 0.331 e. The Labute approximate surface area is 154 Å². The molecule has 0 fully saturated rings. The third kappa shape index (κ3) is 3.43. The number of hydrogen-bond acceptors (Lipinski definition) is 4. The average Bonchev–Trinajstić information content (AvgIpc) is 2.64. The monoisotopic (exact) mass is 371 g/mol. The maximum atomic E-state index is 13.2. The lowest BCUT2D eigenvalue weighted by molar-refractivity contribution is -0.137. The van der Waals surface area contributed by atoms with Crippen LogP contribution in [0.4, 0.5) is 0 Å². The van der Waals surface area contributed by atoms with Gasteiger partial charge in [0.15, 0.2) is 0 Å². The SMILES string of the molecule is CCOC(=O)C=C1CN(C(C)c2ccccc2)S(=O)(=O)c2ccccc21. The summed E-state index contributed by atoms with van der Waals surface area (Å²) in [6.07, 6.45) is 1.39. The Morgan fingerprint density at radius 2 is 1.81 bits per heavy atom. The zero-order valence-corrected chi connectivity index (χ0v) is 15.6. The number of ether oxygens (including phenoxy) is 1. The number of carbonyl (C=O) groups is 1. The summed E-state index contributed by atoms with van der Waals surface area (Å²) >= 11 is 0. The van der Waals surface area contributed by atoms with Gasteiger partial charge in [0.2, 0.25) is 10.0 Å². The van der Waals surface area contributed by atoms with Crippen molar-refractivity contribution in [3.8, 4) is 0 Å². The Morgan fingerprint density at radius 3 is 2.50 bits per heavy atom. The number of fused-ring (bicyclic) bond motifs is 1. The second-order valence-corrected chi connectivity index (χ2v) is 7.91. The van der Waals surface area contributed by atoms with Crippen LogP contribution in [0.2, 0.25) is 0 Å². The maximum Gasteiger partial charge on any atom is 0.331 e. The van der Waals surface area contributed by atoms with Crippen molar-refractivity contribution >= 4 is 21.6 Å². The van der Waals surface area contributed by atoms with Crippen molar-refractivity contribution in [2.24, 2.45) is 0 Å². The first kappa shape index (κ1) is 18.4. The lowest BCUT2D eigenvalue weighted by Gasteiger charge is -2.34. The Hall–Kier alpha value is -2.44. The van der Waals surface area contributed by atoms with Crippen LogP contribution in [0, 0.1) is 0 Å².